The molecule has 0 fully saturated rings. The topological polar surface area (TPSA) is 71.3 Å². The molecule has 0 saturated carbocycles. The van der Waals surface area contributed by atoms with Crippen LogP contribution in [0, 0.1) is 11.3 Å². The predicted octanol–water partition coefficient (Wildman–Crippen LogP) is 1.56. The van der Waals surface area contributed by atoms with Crippen molar-refractivity contribution in [2.45, 2.75) is 6.92 Å². The lowest BCUT2D eigenvalue weighted by Gasteiger charge is -2.07. The van der Waals surface area contributed by atoms with Gasteiger partial charge < -0.3 is 14.8 Å². The molecule has 1 rings (SSSR count). The summed E-state index contributed by atoms with van der Waals surface area (Å²) < 4.78 is 10.1. The summed E-state index contributed by atoms with van der Waals surface area (Å²) in [5, 5.41) is 11.0. The van der Waals surface area contributed by atoms with E-state index in [-0.39, 0.29) is 19.1 Å². The largest absolute Gasteiger partial charge is 0.479 e. The summed E-state index contributed by atoms with van der Waals surface area (Å²) >= 11 is 0. The van der Waals surface area contributed by atoms with Gasteiger partial charge in [-0.05, 0) is 19.1 Å². The van der Waals surface area contributed by atoms with Gasteiger partial charge in [-0.3, -0.25) is 4.79 Å². The van der Waals surface area contributed by atoms with Gasteiger partial charge >= 0.3 is 0 Å². The summed E-state index contributed by atoms with van der Waals surface area (Å²) in [6.07, 6.45) is 0. The number of hydrogen-bond donors (Lipinski definition) is 1. The van der Waals surface area contributed by atoms with E-state index in [9.17, 15) is 4.79 Å². The maximum Gasteiger partial charge on any atom is 0.250 e. The van der Waals surface area contributed by atoms with E-state index in [0.29, 0.717) is 18.0 Å². The Bertz CT molecular complexity index is 412. The zero-order valence-electron chi connectivity index (χ0n) is 9.60. The molecule has 5 nitrogen and oxygen atoms in total. The Labute approximate surface area is 100.0 Å². The van der Waals surface area contributed by atoms with Gasteiger partial charge in [0.1, 0.15) is 18.4 Å². The van der Waals surface area contributed by atoms with E-state index in [1.165, 1.54) is 0 Å². The van der Waals surface area contributed by atoms with Crippen molar-refractivity contribution < 1.29 is 14.3 Å². The molecule has 1 aromatic carbocycles. The average molecular weight is 234 g/mol. The van der Waals surface area contributed by atoms with Crippen LogP contribution in [-0.2, 0) is 9.53 Å². The highest BCUT2D eigenvalue weighted by Gasteiger charge is 2.02. The molecule has 1 aromatic rings. The van der Waals surface area contributed by atoms with Crippen molar-refractivity contribution in [3.63, 3.8) is 0 Å². The highest BCUT2D eigenvalue weighted by Crippen LogP contribution is 2.17. The Kier molecular flexibility index (Phi) is 5.55. The van der Waals surface area contributed by atoms with Crippen molar-refractivity contribution in [2.24, 2.45) is 0 Å². The van der Waals surface area contributed by atoms with Crippen molar-refractivity contribution in [1.82, 2.24) is 0 Å². The summed E-state index contributed by atoms with van der Waals surface area (Å²) in [4.78, 5) is 11.4. The zero-order valence-corrected chi connectivity index (χ0v) is 9.60. The fourth-order valence-corrected chi connectivity index (χ4v) is 1.17. The maximum atomic E-state index is 11.4. The summed E-state index contributed by atoms with van der Waals surface area (Å²) in [6.45, 7) is 2.33. The molecular formula is C12H14N2O3. The summed E-state index contributed by atoms with van der Waals surface area (Å²) in [5.74, 6) is 0.324. The number of nitrogens with one attached hydrogen (secondary N) is 1. The Balaban J connectivity index is 2.53. The molecule has 0 saturated heterocycles. The van der Waals surface area contributed by atoms with Crippen molar-refractivity contribution >= 4 is 11.6 Å². The normalized spacial score (nSPS) is 9.41. The lowest BCUT2D eigenvalue weighted by atomic mass is 10.3. The number of nitriles is 1. The van der Waals surface area contributed by atoms with Gasteiger partial charge in [-0.2, -0.15) is 5.26 Å². The first kappa shape index (κ1) is 13.0. The molecule has 0 radical (unpaired) electrons. The smallest absolute Gasteiger partial charge is 0.250 e. The average Bonchev–Trinajstić information content (AvgIpc) is 2.34. The van der Waals surface area contributed by atoms with Crippen molar-refractivity contribution in [3.05, 3.63) is 24.3 Å². The van der Waals surface area contributed by atoms with Gasteiger partial charge in [-0.1, -0.05) is 6.07 Å². The molecular weight excluding hydrogens is 220 g/mol. The van der Waals surface area contributed by atoms with Crippen LogP contribution in [0.5, 0.6) is 5.75 Å². The molecule has 0 unspecified atom stereocenters. The van der Waals surface area contributed by atoms with Crippen LogP contribution in [0.4, 0.5) is 5.69 Å². The summed E-state index contributed by atoms with van der Waals surface area (Å²) in [5.41, 5.74) is 0.616. The van der Waals surface area contributed by atoms with Crippen molar-refractivity contribution in [2.75, 3.05) is 25.1 Å². The third-order valence-corrected chi connectivity index (χ3v) is 1.86. The van der Waals surface area contributed by atoms with Gasteiger partial charge in [-0.25, -0.2) is 0 Å². The molecule has 0 heterocycles. The zero-order chi connectivity index (χ0) is 12.5. The van der Waals surface area contributed by atoms with Gasteiger partial charge in [0.25, 0.3) is 0 Å². The van der Waals surface area contributed by atoms with E-state index >= 15 is 0 Å². The van der Waals surface area contributed by atoms with E-state index in [1.54, 1.807) is 24.3 Å². The second kappa shape index (κ2) is 7.25. The molecule has 1 N–H and O–H groups in total. The van der Waals surface area contributed by atoms with Crippen LogP contribution in [-0.4, -0.2) is 25.7 Å². The highest BCUT2D eigenvalue weighted by molar-refractivity contribution is 5.91. The number of ether oxygens (including phenoxy) is 2. The van der Waals surface area contributed by atoms with Crippen molar-refractivity contribution in [1.29, 1.82) is 5.26 Å². The summed E-state index contributed by atoms with van der Waals surface area (Å²) in [7, 11) is 0. The number of carbonyl (C=O) groups excluding carboxylic acids is 1. The predicted molar refractivity (Wildman–Crippen MR) is 62.7 cm³/mol. The van der Waals surface area contributed by atoms with Crippen LogP contribution < -0.4 is 10.1 Å². The molecule has 0 aliphatic heterocycles. The monoisotopic (exact) mass is 234 g/mol. The number of anilines is 1. The van der Waals surface area contributed by atoms with Crippen LogP contribution in [0.3, 0.4) is 0 Å². The molecule has 0 spiro atoms. The lowest BCUT2D eigenvalue weighted by molar-refractivity contribution is -0.120. The van der Waals surface area contributed by atoms with Gasteiger partial charge in [0, 0.05) is 18.4 Å². The molecule has 0 aromatic heterocycles. The highest BCUT2D eigenvalue weighted by atomic mass is 16.5. The molecule has 0 bridgehead atoms. The van der Waals surface area contributed by atoms with Crippen LogP contribution >= 0.6 is 0 Å². The quantitative estimate of drug-likeness (QED) is 0.810. The molecule has 90 valence electrons. The third-order valence-electron chi connectivity index (χ3n) is 1.86. The van der Waals surface area contributed by atoms with E-state index in [2.05, 4.69) is 5.32 Å². The molecule has 17 heavy (non-hydrogen) atoms. The van der Waals surface area contributed by atoms with Crippen LogP contribution in [0.1, 0.15) is 6.92 Å². The number of amides is 1. The minimum atomic E-state index is -0.218. The molecule has 0 atom stereocenters. The van der Waals surface area contributed by atoms with Gasteiger partial charge in [0.05, 0.1) is 0 Å². The second-order valence-electron chi connectivity index (χ2n) is 3.16. The molecule has 1 amide bonds. The minimum absolute atomic E-state index is 0.0175. The van der Waals surface area contributed by atoms with E-state index in [0.717, 1.165) is 0 Å². The number of benzene rings is 1. The Morgan fingerprint density at radius 3 is 3.06 bits per heavy atom. The first-order chi connectivity index (χ1) is 8.26. The SMILES string of the molecule is CCOCC(=O)Nc1cccc(OCC#N)c1. The standard InChI is InChI=1S/C12H14N2O3/c1-2-16-9-12(15)14-10-4-3-5-11(8-10)17-7-6-13/h3-5,8H,2,7,9H2,1H3,(H,14,15). The van der Waals surface area contributed by atoms with Crippen molar-refractivity contribution in [3.8, 4) is 11.8 Å². The molecule has 5 heteroatoms. The number of nitrogens with zero attached hydrogens (tertiary/aromatic N) is 1. The number of carbonyl (C=O) groups is 1. The molecule has 0 aliphatic carbocycles. The first-order valence-electron chi connectivity index (χ1n) is 5.23. The van der Waals surface area contributed by atoms with E-state index in [1.807, 2.05) is 13.0 Å². The van der Waals surface area contributed by atoms with Gasteiger partial charge in [-0.15, -0.1) is 0 Å². The van der Waals surface area contributed by atoms with Crippen LogP contribution in [0.2, 0.25) is 0 Å². The summed E-state index contributed by atoms with van der Waals surface area (Å²) in [6, 6.07) is 8.72. The Morgan fingerprint density at radius 1 is 1.53 bits per heavy atom. The van der Waals surface area contributed by atoms with Gasteiger partial charge in [0.15, 0.2) is 6.61 Å². The third kappa shape index (κ3) is 5.00. The Morgan fingerprint density at radius 2 is 2.35 bits per heavy atom. The fourth-order valence-electron chi connectivity index (χ4n) is 1.17. The first-order valence-corrected chi connectivity index (χ1v) is 5.23. The molecule has 0 aliphatic rings. The fraction of sp³-hybridized carbons (Fsp3) is 0.333. The van der Waals surface area contributed by atoms with Gasteiger partial charge in [0.2, 0.25) is 5.91 Å². The second-order valence-corrected chi connectivity index (χ2v) is 3.16. The Hall–Kier alpha value is -2.06. The minimum Gasteiger partial charge on any atom is -0.479 e. The van der Waals surface area contributed by atoms with Crippen LogP contribution in [0.25, 0.3) is 0 Å². The van der Waals surface area contributed by atoms with E-state index < -0.39 is 0 Å². The van der Waals surface area contributed by atoms with Crippen LogP contribution in [0.15, 0.2) is 24.3 Å². The van der Waals surface area contributed by atoms with E-state index in [4.69, 9.17) is 14.7 Å². The number of hydrogen-bond acceptors (Lipinski definition) is 4. The lowest BCUT2D eigenvalue weighted by Crippen LogP contribution is -2.18. The maximum absolute atomic E-state index is 11.4. The number of rotatable bonds is 6.